The van der Waals surface area contributed by atoms with Crippen molar-refractivity contribution in [3.8, 4) is 39.5 Å². The molecule has 6 heteroatoms. The van der Waals surface area contributed by atoms with E-state index in [1.807, 2.05) is 12.1 Å². The number of hydrogen-bond acceptors (Lipinski definition) is 5. The number of furan rings is 2. The van der Waals surface area contributed by atoms with Crippen LogP contribution in [0.3, 0.4) is 0 Å². The van der Waals surface area contributed by atoms with E-state index in [0.29, 0.717) is 5.95 Å². The number of aromatic nitrogens is 3. The fraction of sp³-hybridized carbons (Fsp3) is 0.0508. The zero-order valence-electron chi connectivity index (χ0n) is 35.3. The highest BCUT2D eigenvalue weighted by Gasteiger charge is 2.36. The van der Waals surface area contributed by atoms with Gasteiger partial charge in [0, 0.05) is 53.6 Å². The van der Waals surface area contributed by atoms with Gasteiger partial charge in [-0.15, -0.1) is 11.3 Å². The van der Waals surface area contributed by atoms with Crippen molar-refractivity contribution < 1.29 is 8.83 Å². The number of rotatable bonds is 3. The predicted molar refractivity (Wildman–Crippen MR) is 270 cm³/mol. The van der Waals surface area contributed by atoms with Crippen molar-refractivity contribution in [3.05, 3.63) is 187 Å². The molecule has 15 rings (SSSR count). The van der Waals surface area contributed by atoms with Crippen LogP contribution in [0.1, 0.15) is 25.0 Å². The summed E-state index contributed by atoms with van der Waals surface area (Å²) in [5.41, 5.74) is 15.7. The fourth-order valence-electron chi connectivity index (χ4n) is 11.3. The van der Waals surface area contributed by atoms with Gasteiger partial charge in [-0.05, 0) is 81.1 Å². The zero-order chi connectivity index (χ0) is 42.7. The van der Waals surface area contributed by atoms with Crippen LogP contribution >= 0.6 is 11.3 Å². The lowest BCUT2D eigenvalue weighted by atomic mass is 9.82. The van der Waals surface area contributed by atoms with Crippen LogP contribution in [0.15, 0.2) is 185 Å². The molecule has 5 nitrogen and oxygen atoms in total. The number of thiophene rings is 1. The summed E-state index contributed by atoms with van der Waals surface area (Å²) in [7, 11) is 0. The van der Waals surface area contributed by atoms with Crippen LogP contribution in [-0.2, 0) is 5.41 Å². The Morgan fingerprint density at radius 1 is 0.462 bits per heavy atom. The molecule has 5 aromatic heterocycles. The minimum Gasteiger partial charge on any atom is -0.455 e. The monoisotopic (exact) mass is 849 g/mol. The molecule has 1 aliphatic carbocycles. The van der Waals surface area contributed by atoms with E-state index in [4.69, 9.17) is 18.8 Å². The van der Waals surface area contributed by atoms with Gasteiger partial charge in [0.25, 0.3) is 0 Å². The van der Waals surface area contributed by atoms with Crippen molar-refractivity contribution in [1.82, 2.24) is 14.5 Å². The van der Waals surface area contributed by atoms with E-state index in [0.717, 1.165) is 114 Å². The average molecular weight is 850 g/mol. The number of para-hydroxylation sites is 3. The smallest absolute Gasteiger partial charge is 0.235 e. The Labute approximate surface area is 375 Å². The summed E-state index contributed by atoms with van der Waals surface area (Å²) in [6.45, 7) is 4.67. The largest absolute Gasteiger partial charge is 0.455 e. The van der Waals surface area contributed by atoms with Gasteiger partial charge >= 0.3 is 0 Å². The zero-order valence-corrected chi connectivity index (χ0v) is 36.1. The highest BCUT2D eigenvalue weighted by atomic mass is 32.1. The maximum atomic E-state index is 7.18. The second kappa shape index (κ2) is 12.6. The Kier molecular flexibility index (Phi) is 6.84. The van der Waals surface area contributed by atoms with Crippen molar-refractivity contribution >= 4 is 108 Å². The summed E-state index contributed by atoms with van der Waals surface area (Å²) >= 11 is 1.77. The lowest BCUT2D eigenvalue weighted by Gasteiger charge is -2.22. The highest BCUT2D eigenvalue weighted by Crippen LogP contribution is 2.51. The van der Waals surface area contributed by atoms with Gasteiger partial charge < -0.3 is 8.83 Å². The number of benzene rings is 9. The van der Waals surface area contributed by atoms with Crippen LogP contribution < -0.4 is 0 Å². The van der Waals surface area contributed by atoms with Crippen molar-refractivity contribution in [1.29, 1.82) is 0 Å². The maximum Gasteiger partial charge on any atom is 0.235 e. The Morgan fingerprint density at radius 3 is 2.08 bits per heavy atom. The van der Waals surface area contributed by atoms with Crippen LogP contribution in [0.4, 0.5) is 0 Å². The molecule has 0 saturated carbocycles. The summed E-state index contributed by atoms with van der Waals surface area (Å²) in [6, 6.07) is 63.0. The third kappa shape index (κ3) is 4.66. The molecule has 0 aliphatic heterocycles. The molecule has 9 aromatic carbocycles. The third-order valence-corrected chi connectivity index (χ3v) is 15.4. The second-order valence-corrected chi connectivity index (χ2v) is 19.0. The summed E-state index contributed by atoms with van der Waals surface area (Å²) in [5, 5.41) is 9.93. The summed E-state index contributed by atoms with van der Waals surface area (Å²) in [5.74, 6) is 0.632. The third-order valence-electron chi connectivity index (χ3n) is 14.2. The minimum absolute atomic E-state index is 0.144. The molecule has 14 aromatic rings. The molecule has 0 bridgehead atoms. The lowest BCUT2D eigenvalue weighted by Crippen LogP contribution is -2.15. The van der Waals surface area contributed by atoms with Gasteiger partial charge in [0.15, 0.2) is 0 Å². The molecule has 0 fully saturated rings. The van der Waals surface area contributed by atoms with E-state index in [1.165, 1.54) is 27.0 Å². The van der Waals surface area contributed by atoms with E-state index in [1.54, 1.807) is 11.3 Å². The molecule has 0 atom stereocenters. The Bertz CT molecular complexity index is 4410. The lowest BCUT2D eigenvalue weighted by molar-refractivity contribution is 0.660. The van der Waals surface area contributed by atoms with Gasteiger partial charge in [-0.1, -0.05) is 147 Å². The molecule has 0 amide bonds. The maximum absolute atomic E-state index is 7.18. The van der Waals surface area contributed by atoms with Gasteiger partial charge in [-0.3, -0.25) is 4.57 Å². The molecule has 0 spiro atoms. The molecular formula is C59H35N3O2S. The van der Waals surface area contributed by atoms with Crippen LogP contribution in [0, 0.1) is 0 Å². The van der Waals surface area contributed by atoms with Crippen molar-refractivity contribution in [2.75, 3.05) is 0 Å². The molecule has 65 heavy (non-hydrogen) atoms. The molecule has 304 valence electrons. The van der Waals surface area contributed by atoms with Gasteiger partial charge in [-0.25, -0.2) is 9.97 Å². The van der Waals surface area contributed by atoms with Gasteiger partial charge in [0.1, 0.15) is 22.3 Å². The van der Waals surface area contributed by atoms with E-state index in [9.17, 15) is 0 Å². The topological polar surface area (TPSA) is 57.0 Å². The Morgan fingerprint density at radius 2 is 1.17 bits per heavy atom. The van der Waals surface area contributed by atoms with Gasteiger partial charge in [0.2, 0.25) is 5.95 Å². The first-order valence-corrected chi connectivity index (χ1v) is 23.0. The number of nitrogens with zero attached hydrogens (tertiary/aromatic N) is 3. The number of fused-ring (bicyclic) bond motifs is 18. The van der Waals surface area contributed by atoms with E-state index < -0.39 is 0 Å². The molecule has 0 saturated heterocycles. The number of hydrogen-bond donors (Lipinski definition) is 0. The van der Waals surface area contributed by atoms with E-state index in [2.05, 4.69) is 182 Å². The summed E-state index contributed by atoms with van der Waals surface area (Å²) in [6.07, 6.45) is 0. The first kappa shape index (κ1) is 35.4. The SMILES string of the molecule is CC1(C)c2ccccc2-c2ccc(-c3nc(-n4c5ccccc5c5c6oc7cc(-c8cccc9c8oc8ccccc89)c8ccccc8c7c6ccc54)nc4c3sc3ccccc34)cc21. The highest BCUT2D eigenvalue weighted by molar-refractivity contribution is 7.26. The van der Waals surface area contributed by atoms with Crippen LogP contribution in [-0.4, -0.2) is 14.5 Å². The van der Waals surface area contributed by atoms with E-state index in [-0.39, 0.29) is 5.41 Å². The first-order chi connectivity index (χ1) is 32.0. The van der Waals surface area contributed by atoms with Crippen molar-refractivity contribution in [2.45, 2.75) is 19.3 Å². The van der Waals surface area contributed by atoms with Crippen molar-refractivity contribution in [2.24, 2.45) is 0 Å². The standard InChI is InChI=1S/C59H35N3O2S/c1-59(2)44-22-9-5-15-34(44)35-27-26-32(30-45(35)59)53-57-54(41-19-8-12-25-50(41)65-57)61-58(60-53)62-46-23-10-6-18-40(46)52-47(62)29-28-42-51-37-17-4-3-14-33(37)43(31-49(51)64-56(42)52)39-21-13-20-38-36-16-7-11-24-48(36)63-55(38)39/h3-31H,1-2H3. The summed E-state index contributed by atoms with van der Waals surface area (Å²) < 4.78 is 18.3. The minimum atomic E-state index is -0.144. The van der Waals surface area contributed by atoms with Crippen molar-refractivity contribution in [3.63, 3.8) is 0 Å². The van der Waals surface area contributed by atoms with Crippen LogP contribution in [0.2, 0.25) is 0 Å². The Hall–Kier alpha value is -8.06. The average Bonchev–Trinajstić information content (AvgIpc) is 4.15. The van der Waals surface area contributed by atoms with Crippen LogP contribution in [0.25, 0.3) is 136 Å². The predicted octanol–water partition coefficient (Wildman–Crippen LogP) is 16.5. The van der Waals surface area contributed by atoms with Gasteiger partial charge in [-0.2, -0.15) is 0 Å². The summed E-state index contributed by atoms with van der Waals surface area (Å²) in [4.78, 5) is 11.1. The molecule has 0 radical (unpaired) electrons. The normalized spacial score (nSPS) is 13.5. The quantitative estimate of drug-likeness (QED) is 0.178. The molecule has 5 heterocycles. The molecule has 1 aliphatic rings. The Balaban J connectivity index is 0.996. The first-order valence-electron chi connectivity index (χ1n) is 22.1. The molecular weight excluding hydrogens is 815 g/mol. The van der Waals surface area contributed by atoms with Gasteiger partial charge in [0.05, 0.1) is 32.3 Å². The van der Waals surface area contributed by atoms with Crippen LogP contribution in [0.5, 0.6) is 0 Å². The van der Waals surface area contributed by atoms with E-state index >= 15 is 0 Å². The molecule has 0 N–H and O–H groups in total. The second-order valence-electron chi connectivity index (χ2n) is 18.0. The molecule has 0 unspecified atom stereocenters. The fourth-order valence-corrected chi connectivity index (χ4v) is 12.4.